The molecule has 4 aliphatic heterocycles. The first kappa shape index (κ1) is 93.4. The maximum atomic E-state index is 15.6. The van der Waals surface area contributed by atoms with Crippen molar-refractivity contribution < 1.29 is 22.0 Å². The zero-order valence-corrected chi connectivity index (χ0v) is 79.7. The Bertz CT molecular complexity index is 7070. The molecule has 24 rings (SSSR count). The molecule has 4 aromatic carbocycles. The number of rotatable bonds is 16. The molecular weight excluding hydrogens is 1810 g/mol. The van der Waals surface area contributed by atoms with Gasteiger partial charge in [-0.3, -0.25) is 57.4 Å². The summed E-state index contributed by atoms with van der Waals surface area (Å²) in [6.45, 7) is 36.9. The topological polar surface area (TPSA) is 222 Å². The third-order valence-corrected chi connectivity index (χ3v) is 32.3. The van der Waals surface area contributed by atoms with E-state index in [9.17, 15) is 36.7 Å². The van der Waals surface area contributed by atoms with Crippen LogP contribution in [0.4, 0.5) is 68.0 Å². The summed E-state index contributed by atoms with van der Waals surface area (Å²) in [7, 11) is 0. The van der Waals surface area contributed by atoms with E-state index in [1.807, 2.05) is 54.3 Å². The number of benzene rings is 4. The van der Waals surface area contributed by atoms with Crippen molar-refractivity contribution in [3.63, 3.8) is 0 Å². The number of hydrogen-bond acceptors (Lipinski definition) is 16. The first-order chi connectivity index (χ1) is 68.5. The SMILES string of the molecule is [C-]#[N+]c1ccc(-c2nc(N3CCC4(CCCC4)C3)c(C)c(=O)n2-c2ccc(C3CC3)nc2)cc1F.[C-]#[N+]c1ccc(-c2nc(N3CCC4(CCCC4)C3)cc(=O)n2-c2ccc(C3CC3)nc2)cc1F.[C-]#[N+]c1ccc(-c2nc(N3CCC4(CCCC4)CC3)c(Cl)c(=O)n2-c2ccc(C3CC3)nc2)cc1F.[C-]#[N+]c1ccc(-c2nc(N3CCC4(CCCC4)CC3)c(F)c(=O)n2-c2ccc(C3CC3)nc2)cc1F. The largest absolute Gasteiger partial charge is 0.356 e. The van der Waals surface area contributed by atoms with Gasteiger partial charge in [0.15, 0.2) is 11.6 Å². The number of pyridine rings is 4. The average Bonchev–Trinajstić information content (AvgIpc) is 1.72. The first-order valence-electron chi connectivity index (χ1n) is 50.0. The van der Waals surface area contributed by atoms with Gasteiger partial charge < -0.3 is 19.6 Å². The lowest BCUT2D eigenvalue weighted by Crippen LogP contribution is -2.41. The number of piperidine rings is 2. The molecule has 0 atom stereocenters. The van der Waals surface area contributed by atoms with Gasteiger partial charge in [0.05, 0.1) is 79.4 Å². The highest BCUT2D eigenvalue weighted by Crippen LogP contribution is 2.53. The molecule has 12 heterocycles. The van der Waals surface area contributed by atoms with E-state index in [4.69, 9.17) is 52.8 Å². The molecule has 718 valence electrons. The van der Waals surface area contributed by atoms with Crippen molar-refractivity contribution >= 4 is 57.6 Å². The van der Waals surface area contributed by atoms with Crippen LogP contribution < -0.4 is 41.8 Å². The van der Waals surface area contributed by atoms with Crippen LogP contribution in [0, 0.1) is 84.0 Å². The molecule has 4 saturated heterocycles. The molecule has 0 unspecified atom stereocenters. The second-order valence-corrected chi connectivity index (χ2v) is 41.6. The standard InChI is InChI=1S/C28H27ClFN5O.C28H27F2N5O.C28H28FN5O.C27H26FN5O/c1-31-23-8-6-19(16-21(23)30)25-33-26(34-14-12-28(13-15-34)10-2-3-11-28)24(29)27(36)35(25)20-7-9-22(32-17-20)18-4-5-18;1-31-23-8-6-19(16-21(23)29)25-33-26(34-14-12-28(13-15-34)10-2-3-11-28)24(30)27(36)35(25)20-7-9-22(32-17-20)18-4-5-18;1-18-25(33-14-13-28(17-33)11-3-4-12-28)32-26(20-7-9-24(30-2)22(29)15-20)34(27(18)35)21-8-10-23(31-16-21)19-5-6-19;1-29-23-8-6-19(14-21(23)28)26-31-24(32-13-12-27(17-32)10-2-3-11-27)15-25(34)33(26)20-7-9-22(30-16-20)18-4-5-18/h2*6-9,16-18H,2-5,10-15H2;7-10,15-16,19H,3-6,11-14,17H2,1H3;6-9,14-16,18H,2-5,10-13,17H2. The second-order valence-electron chi connectivity index (χ2n) is 41.2. The van der Waals surface area contributed by atoms with E-state index in [-0.39, 0.29) is 56.4 Å². The second kappa shape index (κ2) is 38.6. The Balaban J connectivity index is 0.000000111. The van der Waals surface area contributed by atoms with E-state index in [1.54, 1.807) is 61.2 Å². The molecule has 141 heavy (non-hydrogen) atoms. The molecular formula is C111H108ClF5N20O4. The van der Waals surface area contributed by atoms with Crippen LogP contribution in [0.15, 0.2) is 171 Å². The lowest BCUT2D eigenvalue weighted by molar-refractivity contribution is 0.225. The quantitative estimate of drug-likeness (QED) is 0.0648. The number of nitrogens with zero attached hydrogens (tertiary/aromatic N) is 20. The fourth-order valence-electron chi connectivity index (χ4n) is 23.2. The van der Waals surface area contributed by atoms with Crippen LogP contribution in [0.5, 0.6) is 0 Å². The molecule has 8 aliphatic carbocycles. The van der Waals surface area contributed by atoms with Gasteiger partial charge in [-0.2, -0.15) is 4.39 Å². The lowest BCUT2D eigenvalue weighted by atomic mass is 9.77. The number of anilines is 4. The van der Waals surface area contributed by atoms with Gasteiger partial charge in [-0.25, -0.2) is 56.9 Å². The van der Waals surface area contributed by atoms with Crippen molar-refractivity contribution in [3.05, 3.63) is 302 Å². The van der Waals surface area contributed by atoms with Gasteiger partial charge in [0.1, 0.15) is 63.2 Å². The van der Waals surface area contributed by atoms with Crippen molar-refractivity contribution in [3.8, 4) is 68.3 Å². The molecule has 12 aromatic rings. The van der Waals surface area contributed by atoms with Crippen LogP contribution in [-0.4, -0.2) is 110 Å². The van der Waals surface area contributed by atoms with Gasteiger partial charge >= 0.3 is 0 Å². The maximum absolute atomic E-state index is 15.6. The van der Waals surface area contributed by atoms with Gasteiger partial charge in [-0.05, 0) is 243 Å². The van der Waals surface area contributed by atoms with Crippen molar-refractivity contribution in [2.75, 3.05) is 72.0 Å². The minimum absolute atomic E-state index is 0.0105. The molecule has 12 aliphatic rings. The van der Waals surface area contributed by atoms with Gasteiger partial charge in [0, 0.05) is 127 Å². The Morgan fingerprint density at radius 3 is 0.972 bits per heavy atom. The molecule has 0 N–H and O–H groups in total. The van der Waals surface area contributed by atoms with Crippen LogP contribution >= 0.6 is 11.6 Å². The number of aromatic nitrogens is 12. The zero-order valence-electron chi connectivity index (χ0n) is 79.0. The van der Waals surface area contributed by atoms with E-state index in [0.717, 1.165) is 157 Å². The minimum atomic E-state index is -0.911. The average molecular weight is 1920 g/mol. The maximum Gasteiger partial charge on any atom is 0.296 e. The van der Waals surface area contributed by atoms with E-state index < -0.39 is 40.2 Å². The predicted octanol–water partition coefficient (Wildman–Crippen LogP) is 24.4. The Labute approximate surface area is 819 Å². The predicted molar refractivity (Wildman–Crippen MR) is 535 cm³/mol. The summed E-state index contributed by atoms with van der Waals surface area (Å²) in [6.07, 6.45) is 41.9. The summed E-state index contributed by atoms with van der Waals surface area (Å²) in [6, 6.07) is 33.9. The molecule has 24 nitrogen and oxygen atoms in total. The first-order valence-corrected chi connectivity index (χ1v) is 50.3. The highest BCUT2D eigenvalue weighted by molar-refractivity contribution is 6.32. The third-order valence-electron chi connectivity index (χ3n) is 32.0. The Morgan fingerprint density at radius 1 is 0.326 bits per heavy atom. The summed E-state index contributed by atoms with van der Waals surface area (Å²) in [5.41, 5.74) is 7.84. The monoisotopic (exact) mass is 1910 g/mol. The van der Waals surface area contributed by atoms with E-state index in [2.05, 4.69) is 59.0 Å². The van der Waals surface area contributed by atoms with Gasteiger partial charge in [-0.15, -0.1) is 0 Å². The summed E-state index contributed by atoms with van der Waals surface area (Å²) in [4.78, 5) is 113. The Hall–Kier alpha value is -13.9. The Kier molecular flexibility index (Phi) is 25.6. The van der Waals surface area contributed by atoms with Crippen molar-refractivity contribution in [1.29, 1.82) is 0 Å². The van der Waals surface area contributed by atoms with Crippen LogP contribution in [0.3, 0.4) is 0 Å². The highest BCUT2D eigenvalue weighted by atomic mass is 35.5. The van der Waals surface area contributed by atoms with Crippen molar-refractivity contribution in [2.45, 2.75) is 223 Å². The molecule has 0 radical (unpaired) electrons. The number of hydrogen-bond donors (Lipinski definition) is 0. The summed E-state index contributed by atoms with van der Waals surface area (Å²) in [5, 5.41) is 0.0608. The smallest absolute Gasteiger partial charge is 0.296 e. The Morgan fingerprint density at radius 2 is 0.624 bits per heavy atom. The molecule has 0 amide bonds. The van der Waals surface area contributed by atoms with E-state index in [1.165, 1.54) is 165 Å². The molecule has 12 fully saturated rings. The van der Waals surface area contributed by atoms with E-state index >= 15 is 4.39 Å². The summed E-state index contributed by atoms with van der Waals surface area (Å²) >= 11 is 6.69. The molecule has 0 bridgehead atoms. The van der Waals surface area contributed by atoms with Gasteiger partial charge in [0.25, 0.3) is 22.2 Å². The highest BCUT2D eigenvalue weighted by Gasteiger charge is 2.46. The van der Waals surface area contributed by atoms with Crippen LogP contribution in [0.1, 0.15) is 245 Å². The minimum Gasteiger partial charge on any atom is -0.356 e. The normalized spacial score (nSPS) is 18.9. The van der Waals surface area contributed by atoms with Crippen LogP contribution in [0.25, 0.3) is 87.7 Å². The molecule has 4 spiro atoms. The van der Waals surface area contributed by atoms with Crippen LogP contribution in [0.2, 0.25) is 5.02 Å². The van der Waals surface area contributed by atoms with Crippen LogP contribution in [-0.2, 0) is 0 Å². The zero-order chi connectivity index (χ0) is 97.2. The fraction of sp³-hybridized carbons (Fsp3) is 0.423. The van der Waals surface area contributed by atoms with Crippen molar-refractivity contribution in [2.24, 2.45) is 21.7 Å². The van der Waals surface area contributed by atoms with Gasteiger partial charge in [0.2, 0.25) is 28.6 Å². The number of halogens is 6. The third kappa shape index (κ3) is 19.0. The molecule has 30 heteroatoms. The van der Waals surface area contributed by atoms with Crippen molar-refractivity contribution in [1.82, 2.24) is 58.1 Å². The van der Waals surface area contributed by atoms with Gasteiger partial charge in [-0.1, -0.05) is 111 Å². The fourth-order valence-corrected chi connectivity index (χ4v) is 23.4. The summed E-state index contributed by atoms with van der Waals surface area (Å²) < 4.78 is 79.7. The summed E-state index contributed by atoms with van der Waals surface area (Å²) in [5.74, 6) is 1.37. The molecule has 8 aromatic heterocycles. The lowest BCUT2D eigenvalue weighted by Gasteiger charge is -2.40. The van der Waals surface area contributed by atoms with E-state index in [0.29, 0.717) is 138 Å². The molecule has 8 saturated carbocycles.